The number of alkyl carbamates (subject to hydrolysis) is 1. The first kappa shape index (κ1) is 20.8. The van der Waals surface area contributed by atoms with E-state index in [-0.39, 0.29) is 24.8 Å². The van der Waals surface area contributed by atoms with Gasteiger partial charge in [-0.3, -0.25) is 0 Å². The van der Waals surface area contributed by atoms with Gasteiger partial charge in [-0.25, -0.2) is 9.59 Å². The Morgan fingerprint density at radius 2 is 2.04 bits per heavy atom. The number of amides is 2. The first-order chi connectivity index (χ1) is 12.8. The molecule has 0 aliphatic carbocycles. The van der Waals surface area contributed by atoms with Gasteiger partial charge in [0.2, 0.25) is 0 Å². The lowest BCUT2D eigenvalue weighted by Gasteiger charge is -2.32. The number of nitrogens with one attached hydrogen (secondary N) is 1. The second-order valence-corrected chi connectivity index (χ2v) is 7.72. The van der Waals surface area contributed by atoms with Crippen LogP contribution in [0, 0.1) is 0 Å². The minimum atomic E-state index is -0.577. The third-order valence-corrected chi connectivity index (χ3v) is 4.33. The molecule has 2 amide bonds. The largest absolute Gasteiger partial charge is 0.445 e. The molecule has 2 rings (SSSR count). The third kappa shape index (κ3) is 6.62. The molecule has 1 aliphatic rings. The van der Waals surface area contributed by atoms with E-state index >= 15 is 0 Å². The van der Waals surface area contributed by atoms with Crippen molar-refractivity contribution in [3.63, 3.8) is 0 Å². The average molecular weight is 374 g/mol. The molecule has 6 nitrogen and oxygen atoms in total. The molecule has 0 unspecified atom stereocenters. The fourth-order valence-corrected chi connectivity index (χ4v) is 3.19. The third-order valence-electron chi connectivity index (χ3n) is 4.33. The zero-order chi connectivity index (χ0) is 19.9. The van der Waals surface area contributed by atoms with Crippen LogP contribution < -0.4 is 5.32 Å². The summed E-state index contributed by atoms with van der Waals surface area (Å²) in [7, 11) is 0. The van der Waals surface area contributed by atoms with Crippen molar-refractivity contribution in [2.45, 2.75) is 64.3 Å². The topological polar surface area (TPSA) is 67.9 Å². The molecule has 1 N–H and O–H groups in total. The lowest BCUT2D eigenvalue weighted by Crippen LogP contribution is -2.51. The minimum absolute atomic E-state index is 0.140. The van der Waals surface area contributed by atoms with Crippen LogP contribution in [0.5, 0.6) is 0 Å². The lowest BCUT2D eigenvalue weighted by molar-refractivity contribution is 0.0455. The number of carbonyl (C=O) groups is 2. The predicted octanol–water partition coefficient (Wildman–Crippen LogP) is 4.26. The van der Waals surface area contributed by atoms with E-state index in [1.54, 1.807) is 11.0 Å². The van der Waals surface area contributed by atoms with Crippen LogP contribution in [0.15, 0.2) is 43.0 Å². The molecular weight excluding hydrogens is 344 g/mol. The molecular formula is C21H30N2O4. The van der Waals surface area contributed by atoms with E-state index in [9.17, 15) is 9.59 Å². The van der Waals surface area contributed by atoms with Gasteiger partial charge in [-0.2, -0.15) is 0 Å². The predicted molar refractivity (Wildman–Crippen MR) is 104 cm³/mol. The Hall–Kier alpha value is -2.50. The number of likely N-dealkylation sites (tertiary alicyclic amines) is 1. The number of carbonyl (C=O) groups excluding carboxylic acids is 2. The van der Waals surface area contributed by atoms with Gasteiger partial charge in [-0.1, -0.05) is 36.4 Å². The molecule has 1 heterocycles. The van der Waals surface area contributed by atoms with Crippen LogP contribution in [-0.4, -0.2) is 41.3 Å². The van der Waals surface area contributed by atoms with E-state index < -0.39 is 11.7 Å². The molecule has 0 radical (unpaired) electrons. The van der Waals surface area contributed by atoms with E-state index in [0.29, 0.717) is 13.0 Å². The van der Waals surface area contributed by atoms with Gasteiger partial charge in [0.15, 0.2) is 0 Å². The van der Waals surface area contributed by atoms with Crippen LogP contribution in [-0.2, 0) is 16.1 Å². The Morgan fingerprint density at radius 1 is 1.33 bits per heavy atom. The van der Waals surface area contributed by atoms with Crippen LogP contribution in [0.1, 0.15) is 45.6 Å². The van der Waals surface area contributed by atoms with Gasteiger partial charge in [0, 0.05) is 6.54 Å². The maximum Gasteiger partial charge on any atom is 0.410 e. The molecule has 0 bridgehead atoms. The fourth-order valence-electron chi connectivity index (χ4n) is 3.19. The van der Waals surface area contributed by atoms with Crippen molar-refractivity contribution in [1.82, 2.24) is 10.2 Å². The van der Waals surface area contributed by atoms with Crippen LogP contribution in [0.2, 0.25) is 0 Å². The summed E-state index contributed by atoms with van der Waals surface area (Å²) in [6.07, 6.45) is 3.12. The molecule has 148 valence electrons. The highest BCUT2D eigenvalue weighted by molar-refractivity contribution is 5.70. The first-order valence-corrected chi connectivity index (χ1v) is 9.38. The summed E-state index contributed by atoms with van der Waals surface area (Å²) < 4.78 is 10.8. The monoisotopic (exact) mass is 374 g/mol. The maximum atomic E-state index is 12.6. The molecule has 1 aromatic carbocycles. The summed E-state index contributed by atoms with van der Waals surface area (Å²) in [6, 6.07) is 9.17. The van der Waals surface area contributed by atoms with Crippen molar-refractivity contribution < 1.29 is 19.1 Å². The Balaban J connectivity index is 1.98. The number of hydrogen-bond donors (Lipinski definition) is 1. The van der Waals surface area contributed by atoms with E-state index in [4.69, 9.17) is 9.47 Å². The van der Waals surface area contributed by atoms with Crippen molar-refractivity contribution in [3.8, 4) is 0 Å². The normalized spacial score (nSPS) is 17.9. The Bertz CT molecular complexity index is 639. The highest BCUT2D eigenvalue weighted by atomic mass is 16.6. The van der Waals surface area contributed by atoms with Crippen molar-refractivity contribution >= 4 is 12.2 Å². The Labute approximate surface area is 161 Å². The molecule has 0 aromatic heterocycles. The van der Waals surface area contributed by atoms with Gasteiger partial charge in [0.05, 0.1) is 12.1 Å². The number of ether oxygens (including phenoxy) is 2. The summed E-state index contributed by atoms with van der Waals surface area (Å²) in [6.45, 7) is 10.1. The van der Waals surface area contributed by atoms with Crippen LogP contribution in [0.25, 0.3) is 0 Å². The zero-order valence-electron chi connectivity index (χ0n) is 16.4. The summed E-state index contributed by atoms with van der Waals surface area (Å²) >= 11 is 0. The van der Waals surface area contributed by atoms with Crippen molar-refractivity contribution in [2.75, 3.05) is 6.54 Å². The quantitative estimate of drug-likeness (QED) is 0.756. The first-order valence-electron chi connectivity index (χ1n) is 9.38. The highest BCUT2D eigenvalue weighted by Crippen LogP contribution is 2.24. The average Bonchev–Trinajstić information content (AvgIpc) is 3.08. The van der Waals surface area contributed by atoms with Crippen LogP contribution in [0.4, 0.5) is 9.59 Å². The van der Waals surface area contributed by atoms with Crippen LogP contribution in [0.3, 0.4) is 0 Å². The van der Waals surface area contributed by atoms with Gasteiger partial charge < -0.3 is 19.7 Å². The van der Waals surface area contributed by atoms with Crippen molar-refractivity contribution in [1.29, 1.82) is 0 Å². The summed E-state index contributed by atoms with van der Waals surface area (Å²) in [5.74, 6) is 0. The molecule has 6 heteroatoms. The summed E-state index contributed by atoms with van der Waals surface area (Å²) in [4.78, 5) is 26.5. The van der Waals surface area contributed by atoms with Crippen molar-refractivity contribution in [2.24, 2.45) is 0 Å². The Morgan fingerprint density at radius 3 is 2.67 bits per heavy atom. The molecule has 1 aromatic rings. The van der Waals surface area contributed by atoms with Gasteiger partial charge in [-0.15, -0.1) is 6.58 Å². The number of hydrogen-bond acceptors (Lipinski definition) is 4. The SMILES string of the molecule is C=CC[C@@H](NC(=O)OC(C)(C)C)[C@@H]1CCCN1C(=O)OCc1ccccc1. The van der Waals surface area contributed by atoms with Gasteiger partial charge in [0.25, 0.3) is 0 Å². The zero-order valence-corrected chi connectivity index (χ0v) is 16.4. The van der Waals surface area contributed by atoms with Gasteiger partial charge in [0.1, 0.15) is 12.2 Å². The highest BCUT2D eigenvalue weighted by Gasteiger charge is 2.36. The Kier molecular flexibility index (Phi) is 7.28. The second-order valence-electron chi connectivity index (χ2n) is 7.72. The molecule has 1 fully saturated rings. The number of rotatable bonds is 6. The van der Waals surface area contributed by atoms with Gasteiger partial charge in [-0.05, 0) is 45.6 Å². The van der Waals surface area contributed by atoms with E-state index in [1.807, 2.05) is 51.1 Å². The molecule has 0 saturated carbocycles. The fraction of sp³-hybridized carbons (Fsp3) is 0.524. The van der Waals surface area contributed by atoms with Crippen LogP contribution >= 0.6 is 0 Å². The van der Waals surface area contributed by atoms with E-state index in [1.165, 1.54) is 0 Å². The number of benzene rings is 1. The summed E-state index contributed by atoms with van der Waals surface area (Å²) in [5.41, 5.74) is 0.364. The lowest BCUT2D eigenvalue weighted by atomic mass is 10.0. The van der Waals surface area contributed by atoms with E-state index in [0.717, 1.165) is 18.4 Å². The smallest absolute Gasteiger partial charge is 0.410 e. The number of nitrogens with zero attached hydrogens (tertiary/aromatic N) is 1. The molecule has 1 aliphatic heterocycles. The molecule has 2 atom stereocenters. The summed E-state index contributed by atoms with van der Waals surface area (Å²) in [5, 5.41) is 2.89. The maximum absolute atomic E-state index is 12.6. The minimum Gasteiger partial charge on any atom is -0.445 e. The second kappa shape index (κ2) is 9.44. The van der Waals surface area contributed by atoms with Crippen molar-refractivity contribution in [3.05, 3.63) is 48.6 Å². The molecule has 1 saturated heterocycles. The van der Waals surface area contributed by atoms with Gasteiger partial charge >= 0.3 is 12.2 Å². The standard InChI is InChI=1S/C21H30N2O4/c1-5-10-17(22-19(24)27-21(2,3)4)18-13-9-14-23(18)20(25)26-15-16-11-7-6-8-12-16/h5-8,11-12,17-18H,1,9-10,13-15H2,2-4H3,(H,22,24)/t17-,18+/m1/s1. The van der Waals surface area contributed by atoms with E-state index in [2.05, 4.69) is 11.9 Å². The molecule has 27 heavy (non-hydrogen) atoms. The molecule has 0 spiro atoms.